The second kappa shape index (κ2) is 7.89. The number of thiophene rings is 1. The van der Waals surface area contributed by atoms with E-state index < -0.39 is 5.91 Å². The Balaban J connectivity index is 1.64. The van der Waals surface area contributed by atoms with Crippen molar-refractivity contribution in [3.05, 3.63) is 100 Å². The first-order chi connectivity index (χ1) is 14.0. The van der Waals surface area contributed by atoms with E-state index in [1.807, 2.05) is 66.7 Å². The van der Waals surface area contributed by atoms with E-state index in [4.69, 9.17) is 5.73 Å². The first-order valence-electron chi connectivity index (χ1n) is 9.31. The predicted octanol–water partition coefficient (Wildman–Crippen LogP) is 5.40. The second-order valence-corrected chi connectivity index (χ2v) is 7.99. The number of anilines is 1. The Morgan fingerprint density at radius 2 is 1.59 bits per heavy atom. The molecular formula is C24H20N2O2S. The number of hydrogen-bond acceptors (Lipinski definition) is 3. The number of amides is 2. The second-order valence-electron chi connectivity index (χ2n) is 6.90. The van der Waals surface area contributed by atoms with Crippen LogP contribution in [-0.4, -0.2) is 11.8 Å². The summed E-state index contributed by atoms with van der Waals surface area (Å²) in [5, 5.41) is 5.41. The predicted molar refractivity (Wildman–Crippen MR) is 119 cm³/mol. The van der Waals surface area contributed by atoms with Gasteiger partial charge in [0.25, 0.3) is 11.8 Å². The molecule has 0 saturated carbocycles. The van der Waals surface area contributed by atoms with Crippen LogP contribution in [0.5, 0.6) is 0 Å². The molecule has 4 rings (SSSR count). The van der Waals surface area contributed by atoms with E-state index in [1.54, 1.807) is 12.1 Å². The first-order valence-corrected chi connectivity index (χ1v) is 10.1. The molecule has 3 N–H and O–H groups in total. The number of primary amides is 1. The molecule has 144 valence electrons. The zero-order chi connectivity index (χ0) is 20.4. The minimum Gasteiger partial charge on any atom is -0.366 e. The summed E-state index contributed by atoms with van der Waals surface area (Å²) < 4.78 is 0. The van der Waals surface area contributed by atoms with Crippen LogP contribution in [0.1, 0.15) is 44.0 Å². The molecule has 0 aliphatic carbocycles. The molecular weight excluding hydrogens is 380 g/mol. The minimum absolute atomic E-state index is 0.0885. The van der Waals surface area contributed by atoms with Crippen LogP contribution in [0.2, 0.25) is 0 Å². The first kappa shape index (κ1) is 18.9. The normalized spacial score (nSPS) is 11.9. The molecule has 0 fully saturated rings. The average molecular weight is 401 g/mol. The van der Waals surface area contributed by atoms with Crippen LogP contribution in [0.3, 0.4) is 0 Å². The van der Waals surface area contributed by atoms with Gasteiger partial charge in [-0.1, -0.05) is 67.6 Å². The van der Waals surface area contributed by atoms with Crippen molar-refractivity contribution < 1.29 is 9.59 Å². The van der Waals surface area contributed by atoms with E-state index >= 15 is 0 Å². The van der Waals surface area contributed by atoms with E-state index in [9.17, 15) is 9.59 Å². The molecule has 0 saturated heterocycles. The topological polar surface area (TPSA) is 72.2 Å². The lowest BCUT2D eigenvalue weighted by molar-refractivity contribution is 0.100. The van der Waals surface area contributed by atoms with Gasteiger partial charge in [-0.15, -0.1) is 11.3 Å². The van der Waals surface area contributed by atoms with Gasteiger partial charge >= 0.3 is 0 Å². The van der Waals surface area contributed by atoms with Crippen LogP contribution in [0, 0.1) is 0 Å². The number of fused-ring (bicyclic) bond motifs is 1. The summed E-state index contributed by atoms with van der Waals surface area (Å²) in [5.74, 6) is -0.730. The average Bonchev–Trinajstić information content (AvgIpc) is 3.17. The summed E-state index contributed by atoms with van der Waals surface area (Å²) in [4.78, 5) is 25.8. The van der Waals surface area contributed by atoms with Gasteiger partial charge in [0.2, 0.25) is 0 Å². The third-order valence-electron chi connectivity index (χ3n) is 4.98. The Morgan fingerprint density at radius 1 is 0.897 bits per heavy atom. The quantitative estimate of drug-likeness (QED) is 0.470. The maximum atomic E-state index is 12.8. The molecule has 1 heterocycles. The highest BCUT2D eigenvalue weighted by molar-refractivity contribution is 7.16. The molecule has 4 nitrogen and oxygen atoms in total. The Labute approximate surface area is 173 Å². The van der Waals surface area contributed by atoms with Crippen molar-refractivity contribution in [3.8, 4) is 0 Å². The summed E-state index contributed by atoms with van der Waals surface area (Å²) in [6, 6.07) is 25.2. The third-order valence-corrected chi connectivity index (χ3v) is 6.21. The van der Waals surface area contributed by atoms with E-state index in [0.29, 0.717) is 16.1 Å². The van der Waals surface area contributed by atoms with Gasteiger partial charge in [-0.3, -0.25) is 9.59 Å². The minimum atomic E-state index is -0.554. The maximum absolute atomic E-state index is 12.8. The number of carbonyl (C=O) groups excluding carboxylic acids is 2. The largest absolute Gasteiger partial charge is 0.366 e. The van der Waals surface area contributed by atoms with Gasteiger partial charge in [-0.25, -0.2) is 0 Å². The number of nitrogens with two attached hydrogens (primary N) is 1. The van der Waals surface area contributed by atoms with Crippen LogP contribution in [0.4, 0.5) is 5.00 Å². The fraction of sp³-hybridized carbons (Fsp3) is 0.0833. The lowest BCUT2D eigenvalue weighted by atomic mass is 9.99. The Kier molecular flexibility index (Phi) is 5.14. The lowest BCUT2D eigenvalue weighted by Crippen LogP contribution is -2.16. The molecule has 5 heteroatoms. The molecule has 0 spiro atoms. The van der Waals surface area contributed by atoms with Gasteiger partial charge in [-0.2, -0.15) is 0 Å². The van der Waals surface area contributed by atoms with Crippen molar-refractivity contribution in [2.24, 2.45) is 5.73 Å². The van der Waals surface area contributed by atoms with Crippen molar-refractivity contribution in [1.82, 2.24) is 0 Å². The summed E-state index contributed by atoms with van der Waals surface area (Å²) >= 11 is 1.38. The van der Waals surface area contributed by atoms with Gasteiger partial charge in [0.05, 0.1) is 5.56 Å². The fourth-order valence-electron chi connectivity index (χ4n) is 3.31. The molecule has 0 aliphatic rings. The maximum Gasteiger partial charge on any atom is 0.256 e. The summed E-state index contributed by atoms with van der Waals surface area (Å²) in [6.07, 6.45) is 0. The molecule has 0 bridgehead atoms. The molecule has 1 aromatic heterocycles. The fourth-order valence-corrected chi connectivity index (χ4v) is 4.45. The Bertz CT molecular complexity index is 1200. The van der Waals surface area contributed by atoms with Crippen molar-refractivity contribution in [1.29, 1.82) is 0 Å². The number of rotatable bonds is 5. The van der Waals surface area contributed by atoms with Crippen molar-refractivity contribution >= 4 is 38.9 Å². The van der Waals surface area contributed by atoms with Gasteiger partial charge in [0.15, 0.2) is 0 Å². The molecule has 0 radical (unpaired) electrons. The lowest BCUT2D eigenvalue weighted by Gasteiger charge is -2.09. The Morgan fingerprint density at radius 3 is 2.31 bits per heavy atom. The zero-order valence-electron chi connectivity index (χ0n) is 15.9. The van der Waals surface area contributed by atoms with Crippen molar-refractivity contribution in [2.75, 3.05) is 5.32 Å². The monoisotopic (exact) mass is 400 g/mol. The van der Waals surface area contributed by atoms with E-state index in [0.717, 1.165) is 21.2 Å². The zero-order valence-corrected chi connectivity index (χ0v) is 16.7. The standard InChI is InChI=1S/C24H20N2O2S/c1-15(16-7-3-2-4-8-16)21-14-20(22(25)27)24(29-21)26-23(28)19-12-11-17-9-5-6-10-18(17)13-19/h2-15H,1H3,(H2,25,27)(H,26,28). The van der Waals surface area contributed by atoms with E-state index in [1.165, 1.54) is 11.3 Å². The van der Waals surface area contributed by atoms with E-state index in [-0.39, 0.29) is 11.8 Å². The summed E-state index contributed by atoms with van der Waals surface area (Å²) in [7, 11) is 0. The number of nitrogens with one attached hydrogen (secondary N) is 1. The molecule has 3 aromatic carbocycles. The molecule has 1 atom stereocenters. The number of benzene rings is 3. The molecule has 2 amide bonds. The van der Waals surface area contributed by atoms with Crippen LogP contribution in [0.25, 0.3) is 10.8 Å². The molecule has 29 heavy (non-hydrogen) atoms. The summed E-state index contributed by atoms with van der Waals surface area (Å²) in [5.41, 5.74) is 7.58. The van der Waals surface area contributed by atoms with Crippen LogP contribution < -0.4 is 11.1 Å². The van der Waals surface area contributed by atoms with Gasteiger partial charge < -0.3 is 11.1 Å². The highest BCUT2D eigenvalue weighted by atomic mass is 32.1. The van der Waals surface area contributed by atoms with Crippen molar-refractivity contribution in [3.63, 3.8) is 0 Å². The third kappa shape index (κ3) is 3.91. The van der Waals surface area contributed by atoms with E-state index in [2.05, 4.69) is 12.2 Å². The molecule has 1 unspecified atom stereocenters. The van der Waals surface area contributed by atoms with Crippen LogP contribution in [0.15, 0.2) is 78.9 Å². The molecule has 4 aromatic rings. The van der Waals surface area contributed by atoms with Crippen LogP contribution >= 0.6 is 11.3 Å². The van der Waals surface area contributed by atoms with Gasteiger partial charge in [-0.05, 0) is 34.5 Å². The van der Waals surface area contributed by atoms with Gasteiger partial charge in [0, 0.05) is 16.4 Å². The van der Waals surface area contributed by atoms with Crippen LogP contribution in [-0.2, 0) is 0 Å². The highest BCUT2D eigenvalue weighted by Gasteiger charge is 2.20. The molecule has 0 aliphatic heterocycles. The number of carbonyl (C=O) groups is 2. The highest BCUT2D eigenvalue weighted by Crippen LogP contribution is 2.36. The van der Waals surface area contributed by atoms with Gasteiger partial charge in [0.1, 0.15) is 5.00 Å². The van der Waals surface area contributed by atoms with Crippen molar-refractivity contribution in [2.45, 2.75) is 12.8 Å². The number of hydrogen-bond donors (Lipinski definition) is 2. The summed E-state index contributed by atoms with van der Waals surface area (Å²) in [6.45, 7) is 2.07. The Hall–Kier alpha value is -3.44. The SMILES string of the molecule is CC(c1ccccc1)c1cc(C(N)=O)c(NC(=O)c2ccc3ccccc3c2)s1. The smallest absolute Gasteiger partial charge is 0.256 e.